The average Bonchev–Trinajstić information content (AvgIpc) is 2.74. The van der Waals surface area contributed by atoms with E-state index in [2.05, 4.69) is 74.9 Å². The minimum absolute atomic E-state index is 0.579. The molecule has 1 fully saturated rings. The molecule has 2 N–H and O–H groups in total. The minimum atomic E-state index is 0.579. The fraction of sp³-hybridized carbons (Fsp3) is 0.273. The first-order valence-electron chi connectivity index (χ1n) is 9.59. The van der Waals surface area contributed by atoms with Crippen LogP contribution in [0.2, 0.25) is 0 Å². The first-order chi connectivity index (χ1) is 13.8. The molecule has 1 aliphatic heterocycles. The minimum Gasteiger partial charge on any atom is -0.378 e. The van der Waals surface area contributed by atoms with E-state index in [-0.39, 0.29) is 0 Å². The first-order valence-corrected chi connectivity index (χ1v) is 9.59. The molecule has 1 saturated heterocycles. The van der Waals surface area contributed by atoms with Crippen molar-refractivity contribution in [2.45, 2.75) is 13.5 Å². The topological polar surface area (TPSA) is 62.3 Å². The number of aromatic nitrogens is 2. The molecule has 2 aromatic carbocycles. The van der Waals surface area contributed by atoms with E-state index in [1.165, 1.54) is 11.1 Å². The molecule has 144 valence electrons. The van der Waals surface area contributed by atoms with Gasteiger partial charge >= 0.3 is 0 Å². The molecule has 0 saturated carbocycles. The third kappa shape index (κ3) is 4.58. The van der Waals surface area contributed by atoms with Gasteiger partial charge in [-0.1, -0.05) is 42.0 Å². The summed E-state index contributed by atoms with van der Waals surface area (Å²) in [4.78, 5) is 11.3. The third-order valence-electron chi connectivity index (χ3n) is 4.71. The van der Waals surface area contributed by atoms with Crippen LogP contribution in [0.5, 0.6) is 0 Å². The summed E-state index contributed by atoms with van der Waals surface area (Å²) in [6, 6.07) is 18.6. The van der Waals surface area contributed by atoms with E-state index in [9.17, 15) is 0 Å². The van der Waals surface area contributed by atoms with Crippen LogP contribution in [0.25, 0.3) is 0 Å². The van der Waals surface area contributed by atoms with Crippen LogP contribution in [0, 0.1) is 6.92 Å². The van der Waals surface area contributed by atoms with Crippen LogP contribution in [0.1, 0.15) is 11.1 Å². The first kappa shape index (κ1) is 18.3. The Labute approximate surface area is 165 Å². The fourth-order valence-corrected chi connectivity index (χ4v) is 3.31. The van der Waals surface area contributed by atoms with Crippen molar-refractivity contribution in [3.63, 3.8) is 0 Å². The van der Waals surface area contributed by atoms with Crippen LogP contribution >= 0.6 is 0 Å². The highest BCUT2D eigenvalue weighted by molar-refractivity contribution is 5.73. The van der Waals surface area contributed by atoms with Crippen LogP contribution in [-0.2, 0) is 11.3 Å². The van der Waals surface area contributed by atoms with Crippen LogP contribution in [0.4, 0.5) is 23.1 Å². The number of nitrogens with zero attached hydrogens (tertiary/aromatic N) is 3. The summed E-state index contributed by atoms with van der Waals surface area (Å²) in [7, 11) is 0. The zero-order valence-corrected chi connectivity index (χ0v) is 16.1. The quantitative estimate of drug-likeness (QED) is 0.680. The fourth-order valence-electron chi connectivity index (χ4n) is 3.31. The highest BCUT2D eigenvalue weighted by atomic mass is 16.5. The Bertz CT molecular complexity index is 924. The Balaban J connectivity index is 1.46. The Hall–Kier alpha value is -3.12. The number of aryl methyl sites for hydroxylation is 1. The predicted octanol–water partition coefficient (Wildman–Crippen LogP) is 3.98. The molecule has 2 heterocycles. The lowest BCUT2D eigenvalue weighted by molar-refractivity contribution is 0.123. The molecule has 0 unspecified atom stereocenters. The van der Waals surface area contributed by atoms with Gasteiger partial charge in [0.15, 0.2) is 0 Å². The van der Waals surface area contributed by atoms with E-state index in [4.69, 9.17) is 4.74 Å². The molecule has 6 heteroatoms. The zero-order chi connectivity index (χ0) is 19.2. The highest BCUT2D eigenvalue weighted by Gasteiger charge is 2.15. The molecule has 0 radical (unpaired) electrons. The van der Waals surface area contributed by atoms with Crippen molar-refractivity contribution < 1.29 is 4.74 Å². The Morgan fingerprint density at radius 2 is 1.89 bits per heavy atom. The second kappa shape index (κ2) is 8.71. The van der Waals surface area contributed by atoms with Gasteiger partial charge in [-0.05, 0) is 30.7 Å². The second-order valence-electron chi connectivity index (χ2n) is 6.85. The predicted molar refractivity (Wildman–Crippen MR) is 113 cm³/mol. The average molecular weight is 375 g/mol. The lowest BCUT2D eigenvalue weighted by Crippen LogP contribution is -2.36. The maximum Gasteiger partial charge on any atom is 0.229 e. The van der Waals surface area contributed by atoms with Gasteiger partial charge in [-0.3, -0.25) is 0 Å². The van der Waals surface area contributed by atoms with Gasteiger partial charge in [0.05, 0.1) is 24.6 Å². The Morgan fingerprint density at radius 3 is 2.75 bits per heavy atom. The molecular weight excluding hydrogens is 350 g/mol. The molecule has 1 aromatic heterocycles. The molecule has 0 bridgehead atoms. The summed E-state index contributed by atoms with van der Waals surface area (Å²) in [5.41, 5.74) is 4.63. The number of benzene rings is 2. The number of hydrogen-bond acceptors (Lipinski definition) is 6. The van der Waals surface area contributed by atoms with E-state index in [0.717, 1.165) is 50.0 Å². The van der Waals surface area contributed by atoms with Crippen molar-refractivity contribution in [2.75, 3.05) is 41.8 Å². The standard InChI is InChI=1S/C22H25N5O/c1-17-5-4-6-18(15-17)16-24-21-9-10-23-22(26-21)25-19-7-2-3-8-20(19)27-11-13-28-14-12-27/h2-10,15H,11-14,16H2,1H3,(H2,23,24,25,26). The van der Waals surface area contributed by atoms with Crippen molar-refractivity contribution in [3.8, 4) is 0 Å². The molecule has 0 atom stereocenters. The summed E-state index contributed by atoms with van der Waals surface area (Å²) in [6.07, 6.45) is 1.77. The van der Waals surface area contributed by atoms with Gasteiger partial charge in [0.25, 0.3) is 0 Å². The smallest absolute Gasteiger partial charge is 0.229 e. The van der Waals surface area contributed by atoms with Gasteiger partial charge in [-0.2, -0.15) is 4.98 Å². The van der Waals surface area contributed by atoms with Crippen molar-refractivity contribution in [2.24, 2.45) is 0 Å². The van der Waals surface area contributed by atoms with Gasteiger partial charge in [0.2, 0.25) is 5.95 Å². The normalized spacial score (nSPS) is 14.0. The molecule has 3 aromatic rings. The Kier molecular flexibility index (Phi) is 5.68. The largest absolute Gasteiger partial charge is 0.378 e. The van der Waals surface area contributed by atoms with Gasteiger partial charge in [-0.15, -0.1) is 0 Å². The van der Waals surface area contributed by atoms with E-state index in [1.807, 2.05) is 12.1 Å². The molecule has 0 aliphatic carbocycles. The van der Waals surface area contributed by atoms with Crippen LogP contribution in [0.15, 0.2) is 60.8 Å². The van der Waals surface area contributed by atoms with E-state index < -0.39 is 0 Å². The summed E-state index contributed by atoms with van der Waals surface area (Å²) in [5.74, 6) is 1.37. The summed E-state index contributed by atoms with van der Waals surface area (Å²) in [6.45, 7) is 6.10. The summed E-state index contributed by atoms with van der Waals surface area (Å²) >= 11 is 0. The SMILES string of the molecule is Cc1cccc(CNc2ccnc(Nc3ccccc3N3CCOCC3)n2)c1. The monoisotopic (exact) mass is 375 g/mol. The van der Waals surface area contributed by atoms with Crippen molar-refractivity contribution >= 4 is 23.1 Å². The van der Waals surface area contributed by atoms with Crippen molar-refractivity contribution in [1.29, 1.82) is 0 Å². The lowest BCUT2D eigenvalue weighted by atomic mass is 10.1. The molecular formula is C22H25N5O. The molecule has 6 nitrogen and oxygen atoms in total. The van der Waals surface area contributed by atoms with Gasteiger partial charge in [-0.25, -0.2) is 4.98 Å². The number of morpholine rings is 1. The highest BCUT2D eigenvalue weighted by Crippen LogP contribution is 2.28. The third-order valence-corrected chi connectivity index (χ3v) is 4.71. The maximum absolute atomic E-state index is 5.47. The number of anilines is 4. The van der Waals surface area contributed by atoms with Gasteiger partial charge in [0, 0.05) is 25.8 Å². The van der Waals surface area contributed by atoms with E-state index >= 15 is 0 Å². The van der Waals surface area contributed by atoms with E-state index in [1.54, 1.807) is 6.20 Å². The molecule has 4 rings (SSSR count). The number of rotatable bonds is 6. The van der Waals surface area contributed by atoms with E-state index in [0.29, 0.717) is 5.95 Å². The Morgan fingerprint density at radius 1 is 1.04 bits per heavy atom. The van der Waals surface area contributed by atoms with Crippen molar-refractivity contribution in [3.05, 3.63) is 71.9 Å². The van der Waals surface area contributed by atoms with Crippen LogP contribution in [-0.4, -0.2) is 36.3 Å². The molecule has 0 amide bonds. The molecule has 1 aliphatic rings. The maximum atomic E-state index is 5.47. The number of para-hydroxylation sites is 2. The lowest BCUT2D eigenvalue weighted by Gasteiger charge is -2.30. The summed E-state index contributed by atoms with van der Waals surface area (Å²) < 4.78 is 5.47. The molecule has 28 heavy (non-hydrogen) atoms. The number of nitrogens with one attached hydrogen (secondary N) is 2. The summed E-state index contributed by atoms with van der Waals surface area (Å²) in [5, 5.41) is 6.75. The van der Waals surface area contributed by atoms with Gasteiger partial charge < -0.3 is 20.3 Å². The van der Waals surface area contributed by atoms with Crippen LogP contribution < -0.4 is 15.5 Å². The molecule has 0 spiro atoms. The number of hydrogen-bond donors (Lipinski definition) is 2. The van der Waals surface area contributed by atoms with Gasteiger partial charge in [0.1, 0.15) is 5.82 Å². The van der Waals surface area contributed by atoms with Crippen LogP contribution in [0.3, 0.4) is 0 Å². The second-order valence-corrected chi connectivity index (χ2v) is 6.85. The number of ether oxygens (including phenoxy) is 1. The zero-order valence-electron chi connectivity index (χ0n) is 16.1. The van der Waals surface area contributed by atoms with Crippen molar-refractivity contribution in [1.82, 2.24) is 9.97 Å².